The van der Waals surface area contributed by atoms with E-state index >= 15 is 0 Å². The minimum Gasteiger partial charge on any atom is -0.394 e. The normalized spacial score (nSPS) is 15.4. The Morgan fingerprint density at radius 3 is 2.48 bits per heavy atom. The summed E-state index contributed by atoms with van der Waals surface area (Å²) in [6, 6.07) is 10.5. The van der Waals surface area contributed by atoms with E-state index in [1.165, 1.54) is 11.1 Å². The lowest BCUT2D eigenvalue weighted by Gasteiger charge is -2.30. The molecule has 0 N–H and O–H groups in total. The molecule has 2 unspecified atom stereocenters. The maximum atomic E-state index is 6.36. The Labute approximate surface area is 131 Å². The second-order valence-corrected chi connectivity index (χ2v) is 9.10. The Morgan fingerprint density at radius 2 is 1.90 bits per heavy atom. The van der Waals surface area contributed by atoms with Crippen molar-refractivity contribution in [2.24, 2.45) is 0 Å². The quantitative estimate of drug-likeness (QED) is 0.542. The standard InChI is InChI=1S/C18H30O2Si/c1-6-14-21(9-4,19-8-3)20-15-16(5)18-13-11-10-12-17(18)7-2/h7,10-13,16H,2,6,8-9,14-15H2,1,3-5H3. The van der Waals surface area contributed by atoms with Gasteiger partial charge in [-0.05, 0) is 30.1 Å². The lowest BCUT2D eigenvalue weighted by molar-refractivity contribution is 0.167. The van der Waals surface area contributed by atoms with Crippen LogP contribution in [0.15, 0.2) is 30.8 Å². The maximum Gasteiger partial charge on any atom is 0.337 e. The molecule has 1 rings (SSSR count). The molecule has 0 radical (unpaired) electrons. The van der Waals surface area contributed by atoms with Gasteiger partial charge in [-0.3, -0.25) is 0 Å². The molecule has 1 aromatic carbocycles. The smallest absolute Gasteiger partial charge is 0.337 e. The number of hydrogen-bond acceptors (Lipinski definition) is 2. The van der Waals surface area contributed by atoms with Gasteiger partial charge in [0.05, 0.1) is 0 Å². The van der Waals surface area contributed by atoms with Gasteiger partial charge in [-0.25, -0.2) is 0 Å². The third-order valence-corrected chi connectivity index (χ3v) is 7.77. The fourth-order valence-electron chi connectivity index (χ4n) is 2.72. The van der Waals surface area contributed by atoms with Crippen molar-refractivity contribution in [3.8, 4) is 0 Å². The average Bonchev–Trinajstić information content (AvgIpc) is 2.52. The Kier molecular flexibility index (Phi) is 7.94. The maximum absolute atomic E-state index is 6.36. The minimum absolute atomic E-state index is 0.356. The van der Waals surface area contributed by atoms with Crippen LogP contribution in [-0.2, 0) is 8.85 Å². The fraction of sp³-hybridized carbons (Fsp3) is 0.556. The highest BCUT2D eigenvalue weighted by molar-refractivity contribution is 6.67. The lowest BCUT2D eigenvalue weighted by Crippen LogP contribution is -2.42. The summed E-state index contributed by atoms with van der Waals surface area (Å²) in [5.74, 6) is 0.356. The predicted molar refractivity (Wildman–Crippen MR) is 93.9 cm³/mol. The number of rotatable bonds is 10. The second kappa shape index (κ2) is 9.18. The molecule has 2 nitrogen and oxygen atoms in total. The minimum atomic E-state index is -2.02. The molecule has 0 aromatic heterocycles. The molecule has 0 bridgehead atoms. The molecule has 0 spiro atoms. The molecule has 21 heavy (non-hydrogen) atoms. The van der Waals surface area contributed by atoms with Crippen LogP contribution in [-0.4, -0.2) is 21.8 Å². The van der Waals surface area contributed by atoms with E-state index in [2.05, 4.69) is 58.5 Å². The summed E-state index contributed by atoms with van der Waals surface area (Å²) in [4.78, 5) is 0. The fourth-order valence-corrected chi connectivity index (χ4v) is 5.70. The molecule has 0 heterocycles. The van der Waals surface area contributed by atoms with Gasteiger partial charge < -0.3 is 8.85 Å². The molecule has 0 saturated heterocycles. The highest BCUT2D eigenvalue weighted by Crippen LogP contribution is 2.26. The van der Waals surface area contributed by atoms with Gasteiger partial charge in [0, 0.05) is 19.1 Å². The van der Waals surface area contributed by atoms with Crippen LogP contribution >= 0.6 is 0 Å². The zero-order valence-corrected chi connectivity index (χ0v) is 15.0. The van der Waals surface area contributed by atoms with Gasteiger partial charge >= 0.3 is 8.56 Å². The zero-order valence-electron chi connectivity index (χ0n) is 14.0. The first-order valence-electron chi connectivity index (χ1n) is 8.11. The highest BCUT2D eigenvalue weighted by atomic mass is 28.4. The van der Waals surface area contributed by atoms with Crippen LogP contribution < -0.4 is 0 Å². The van der Waals surface area contributed by atoms with Crippen LogP contribution in [0, 0.1) is 0 Å². The molecular formula is C18H30O2Si. The van der Waals surface area contributed by atoms with E-state index < -0.39 is 8.56 Å². The molecule has 0 aliphatic heterocycles. The number of hydrogen-bond donors (Lipinski definition) is 0. The highest BCUT2D eigenvalue weighted by Gasteiger charge is 2.34. The van der Waals surface area contributed by atoms with Crippen molar-refractivity contribution in [2.75, 3.05) is 13.2 Å². The molecule has 0 saturated carbocycles. The zero-order chi connectivity index (χ0) is 15.7. The van der Waals surface area contributed by atoms with Crippen LogP contribution in [0.4, 0.5) is 0 Å². The van der Waals surface area contributed by atoms with Gasteiger partial charge in [0.2, 0.25) is 0 Å². The average molecular weight is 307 g/mol. The Hall–Kier alpha value is -0.903. The SMILES string of the molecule is C=Cc1ccccc1C(C)CO[Si](CC)(CCC)OCC. The summed E-state index contributed by atoms with van der Waals surface area (Å²) < 4.78 is 12.4. The van der Waals surface area contributed by atoms with E-state index in [0.717, 1.165) is 31.7 Å². The van der Waals surface area contributed by atoms with Crippen molar-refractivity contribution in [1.29, 1.82) is 0 Å². The van der Waals surface area contributed by atoms with E-state index in [4.69, 9.17) is 8.85 Å². The van der Waals surface area contributed by atoms with Crippen molar-refractivity contribution in [1.82, 2.24) is 0 Å². The van der Waals surface area contributed by atoms with Crippen LogP contribution in [0.5, 0.6) is 0 Å². The summed E-state index contributed by atoms with van der Waals surface area (Å²) in [5.41, 5.74) is 2.50. The monoisotopic (exact) mass is 306 g/mol. The molecule has 1 aromatic rings. The van der Waals surface area contributed by atoms with E-state index in [0.29, 0.717) is 5.92 Å². The topological polar surface area (TPSA) is 18.5 Å². The van der Waals surface area contributed by atoms with Crippen LogP contribution in [0.25, 0.3) is 6.08 Å². The molecule has 0 amide bonds. The van der Waals surface area contributed by atoms with Gasteiger partial charge in [-0.15, -0.1) is 0 Å². The first-order chi connectivity index (χ1) is 10.1. The largest absolute Gasteiger partial charge is 0.394 e. The molecule has 0 fully saturated rings. The third kappa shape index (κ3) is 5.10. The van der Waals surface area contributed by atoms with Gasteiger partial charge in [-0.1, -0.05) is 64.1 Å². The second-order valence-electron chi connectivity index (χ2n) is 5.49. The third-order valence-electron chi connectivity index (χ3n) is 3.92. The Balaban J connectivity index is 2.76. The van der Waals surface area contributed by atoms with Crippen LogP contribution in [0.1, 0.15) is 51.2 Å². The summed E-state index contributed by atoms with van der Waals surface area (Å²) in [6.07, 6.45) is 3.04. The van der Waals surface area contributed by atoms with E-state index in [-0.39, 0.29) is 0 Å². The Morgan fingerprint density at radius 1 is 1.19 bits per heavy atom. The predicted octanol–water partition coefficient (Wildman–Crippen LogP) is 5.36. The van der Waals surface area contributed by atoms with E-state index in [1.807, 2.05) is 6.08 Å². The van der Waals surface area contributed by atoms with Crippen LogP contribution in [0.3, 0.4) is 0 Å². The van der Waals surface area contributed by atoms with Gasteiger partial charge in [0.1, 0.15) is 0 Å². The van der Waals surface area contributed by atoms with Gasteiger partial charge in [0.15, 0.2) is 0 Å². The number of benzene rings is 1. The van der Waals surface area contributed by atoms with Crippen molar-refractivity contribution in [3.05, 3.63) is 42.0 Å². The summed E-state index contributed by atoms with van der Waals surface area (Å²) in [5, 5.41) is 0. The summed E-state index contributed by atoms with van der Waals surface area (Å²) in [6.45, 7) is 14.1. The molecule has 0 aliphatic carbocycles. The Bertz CT molecular complexity index is 425. The van der Waals surface area contributed by atoms with Crippen molar-refractivity contribution >= 4 is 14.6 Å². The lowest BCUT2D eigenvalue weighted by atomic mass is 9.96. The molecular weight excluding hydrogens is 276 g/mol. The molecule has 3 heteroatoms. The van der Waals surface area contributed by atoms with Gasteiger partial charge in [-0.2, -0.15) is 0 Å². The van der Waals surface area contributed by atoms with Crippen molar-refractivity contribution < 1.29 is 8.85 Å². The van der Waals surface area contributed by atoms with E-state index in [9.17, 15) is 0 Å². The first kappa shape index (κ1) is 18.1. The van der Waals surface area contributed by atoms with E-state index in [1.54, 1.807) is 0 Å². The van der Waals surface area contributed by atoms with Crippen molar-refractivity contribution in [3.63, 3.8) is 0 Å². The van der Waals surface area contributed by atoms with Crippen molar-refractivity contribution in [2.45, 2.75) is 52.1 Å². The molecule has 2 atom stereocenters. The van der Waals surface area contributed by atoms with Crippen LogP contribution in [0.2, 0.25) is 12.1 Å². The summed E-state index contributed by atoms with van der Waals surface area (Å²) in [7, 11) is -2.02. The first-order valence-corrected chi connectivity index (χ1v) is 10.3. The van der Waals surface area contributed by atoms with Gasteiger partial charge in [0.25, 0.3) is 0 Å². The summed E-state index contributed by atoms with van der Waals surface area (Å²) >= 11 is 0. The molecule has 0 aliphatic rings. The molecule has 118 valence electrons.